The second-order valence-electron chi connectivity index (χ2n) is 4.68. The first-order valence-corrected chi connectivity index (χ1v) is 5.85. The van der Waals surface area contributed by atoms with Gasteiger partial charge in [-0.3, -0.25) is 4.79 Å². The number of carbonyl (C=O) groups is 2. The van der Waals surface area contributed by atoms with E-state index in [4.69, 9.17) is 16.7 Å². The molecule has 0 aromatic heterocycles. The van der Waals surface area contributed by atoms with E-state index in [0.29, 0.717) is 6.42 Å². The lowest BCUT2D eigenvalue weighted by Gasteiger charge is -2.21. The fraction of sp³-hybridized carbons (Fsp3) is 0.385. The van der Waals surface area contributed by atoms with Gasteiger partial charge in [-0.2, -0.15) is 0 Å². The summed E-state index contributed by atoms with van der Waals surface area (Å²) in [5.41, 5.74) is -1.17. The van der Waals surface area contributed by atoms with Crippen LogP contribution in [-0.4, -0.2) is 16.9 Å². The minimum atomic E-state index is -1.42. The Balaban J connectivity index is 3.38. The summed E-state index contributed by atoms with van der Waals surface area (Å²) in [5, 5.41) is 8.76. The van der Waals surface area contributed by atoms with Gasteiger partial charge >= 0.3 is 5.97 Å². The minimum absolute atomic E-state index is 0.0438. The molecule has 0 unspecified atom stereocenters. The normalized spacial score (nSPS) is 11.4. The maximum absolute atomic E-state index is 13.3. The lowest BCUT2D eigenvalue weighted by molar-refractivity contribution is 0.0692. The van der Waals surface area contributed by atoms with Crippen molar-refractivity contribution in [2.45, 2.75) is 27.2 Å². The van der Waals surface area contributed by atoms with Crippen LogP contribution in [0, 0.1) is 11.2 Å². The third-order valence-corrected chi connectivity index (χ3v) is 3.34. The zero-order chi connectivity index (χ0) is 14.1. The van der Waals surface area contributed by atoms with Gasteiger partial charge in [0.15, 0.2) is 5.78 Å². The monoisotopic (exact) mass is 272 g/mol. The summed E-state index contributed by atoms with van der Waals surface area (Å²) in [6, 6.07) is 1.86. The Morgan fingerprint density at radius 3 is 2.33 bits per heavy atom. The average Bonchev–Trinajstić information content (AvgIpc) is 2.27. The van der Waals surface area contributed by atoms with Crippen LogP contribution in [0.15, 0.2) is 12.1 Å². The second-order valence-corrected chi connectivity index (χ2v) is 5.09. The van der Waals surface area contributed by atoms with E-state index in [0.717, 1.165) is 12.1 Å². The first-order chi connectivity index (χ1) is 8.20. The van der Waals surface area contributed by atoms with Gasteiger partial charge in [-0.25, -0.2) is 9.18 Å². The molecule has 0 spiro atoms. The minimum Gasteiger partial charge on any atom is -0.478 e. The number of carboxylic acid groups (broad SMARTS) is 1. The number of hydrogen-bond acceptors (Lipinski definition) is 2. The molecule has 0 heterocycles. The molecule has 0 aliphatic carbocycles. The zero-order valence-corrected chi connectivity index (χ0v) is 11.1. The standard InChI is InChI=1S/C13H14ClFO3/c1-4-13(2,3)11(16)7-5-8(12(17)18)10(15)6-9(7)14/h5-6H,4H2,1-3H3,(H,17,18). The summed E-state index contributed by atoms with van der Waals surface area (Å²) in [5.74, 6) is -2.66. The molecule has 0 saturated carbocycles. The summed E-state index contributed by atoms with van der Waals surface area (Å²) in [6.45, 7) is 5.30. The molecule has 0 fully saturated rings. The lowest BCUT2D eigenvalue weighted by atomic mass is 9.81. The van der Waals surface area contributed by atoms with Crippen molar-refractivity contribution >= 4 is 23.4 Å². The van der Waals surface area contributed by atoms with Crippen LogP contribution in [-0.2, 0) is 0 Å². The number of ketones is 1. The molecule has 5 heteroatoms. The van der Waals surface area contributed by atoms with Crippen LogP contribution in [0.3, 0.4) is 0 Å². The van der Waals surface area contributed by atoms with E-state index < -0.39 is 22.8 Å². The highest BCUT2D eigenvalue weighted by atomic mass is 35.5. The Morgan fingerprint density at radius 2 is 1.89 bits per heavy atom. The van der Waals surface area contributed by atoms with Crippen molar-refractivity contribution in [3.8, 4) is 0 Å². The molecule has 98 valence electrons. The van der Waals surface area contributed by atoms with Crippen molar-refractivity contribution in [3.63, 3.8) is 0 Å². The molecule has 0 radical (unpaired) electrons. The molecule has 0 aliphatic rings. The Labute approximate surface area is 110 Å². The third kappa shape index (κ3) is 2.70. The molecular formula is C13H14ClFO3. The Bertz CT molecular complexity index is 509. The van der Waals surface area contributed by atoms with Crippen LogP contribution in [0.25, 0.3) is 0 Å². The van der Waals surface area contributed by atoms with Crippen LogP contribution >= 0.6 is 11.6 Å². The van der Waals surface area contributed by atoms with E-state index in [1.807, 2.05) is 6.92 Å². The SMILES string of the molecule is CCC(C)(C)C(=O)c1cc(C(=O)O)c(F)cc1Cl. The van der Waals surface area contributed by atoms with Crippen molar-refractivity contribution in [1.82, 2.24) is 0 Å². The van der Waals surface area contributed by atoms with Gasteiger partial charge in [-0.1, -0.05) is 32.4 Å². The topological polar surface area (TPSA) is 54.4 Å². The molecule has 1 aromatic carbocycles. The van der Waals surface area contributed by atoms with E-state index in [1.165, 1.54) is 0 Å². The van der Waals surface area contributed by atoms with E-state index in [1.54, 1.807) is 13.8 Å². The largest absolute Gasteiger partial charge is 0.478 e. The number of halogens is 2. The molecule has 0 saturated heterocycles. The number of hydrogen-bond donors (Lipinski definition) is 1. The summed E-state index contributed by atoms with van der Waals surface area (Å²) >= 11 is 5.81. The van der Waals surface area contributed by atoms with E-state index >= 15 is 0 Å². The number of rotatable bonds is 4. The fourth-order valence-electron chi connectivity index (χ4n) is 1.41. The van der Waals surface area contributed by atoms with Crippen molar-refractivity contribution in [3.05, 3.63) is 34.1 Å². The van der Waals surface area contributed by atoms with Crippen molar-refractivity contribution in [1.29, 1.82) is 0 Å². The highest BCUT2D eigenvalue weighted by molar-refractivity contribution is 6.34. The van der Waals surface area contributed by atoms with Gasteiger partial charge in [-0.15, -0.1) is 0 Å². The molecular weight excluding hydrogens is 259 g/mol. The molecule has 0 bridgehead atoms. The van der Waals surface area contributed by atoms with Gasteiger partial charge in [-0.05, 0) is 18.6 Å². The van der Waals surface area contributed by atoms with Gasteiger partial charge in [0.05, 0.1) is 10.6 Å². The van der Waals surface area contributed by atoms with Gasteiger partial charge in [0, 0.05) is 11.0 Å². The summed E-state index contributed by atoms with van der Waals surface area (Å²) in [7, 11) is 0. The smallest absolute Gasteiger partial charge is 0.338 e. The highest BCUT2D eigenvalue weighted by Gasteiger charge is 2.29. The molecule has 1 N–H and O–H groups in total. The molecule has 3 nitrogen and oxygen atoms in total. The highest BCUT2D eigenvalue weighted by Crippen LogP contribution is 2.30. The molecule has 18 heavy (non-hydrogen) atoms. The predicted octanol–water partition coefficient (Wildman–Crippen LogP) is 3.80. The Kier molecular flexibility index (Phi) is 4.12. The maximum atomic E-state index is 13.3. The Morgan fingerprint density at radius 1 is 1.33 bits per heavy atom. The number of carboxylic acids is 1. The Hall–Kier alpha value is -1.42. The van der Waals surface area contributed by atoms with E-state index in [-0.39, 0.29) is 16.4 Å². The average molecular weight is 273 g/mol. The van der Waals surface area contributed by atoms with E-state index in [2.05, 4.69) is 0 Å². The second kappa shape index (κ2) is 5.06. The van der Waals surface area contributed by atoms with Crippen molar-refractivity contribution < 1.29 is 19.1 Å². The number of carbonyl (C=O) groups excluding carboxylic acids is 1. The molecule has 0 aliphatic heterocycles. The lowest BCUT2D eigenvalue weighted by Crippen LogP contribution is -2.24. The number of Topliss-reactive ketones (excluding diaryl/α,β-unsaturated/α-hetero) is 1. The first-order valence-electron chi connectivity index (χ1n) is 5.48. The van der Waals surface area contributed by atoms with Crippen LogP contribution in [0.1, 0.15) is 47.9 Å². The predicted molar refractivity (Wildman–Crippen MR) is 66.8 cm³/mol. The quantitative estimate of drug-likeness (QED) is 0.848. The summed E-state index contributed by atoms with van der Waals surface area (Å²) < 4.78 is 13.3. The fourth-order valence-corrected chi connectivity index (χ4v) is 1.65. The molecule has 1 aromatic rings. The molecule has 1 rings (SSSR count). The van der Waals surface area contributed by atoms with Gasteiger partial charge in [0.2, 0.25) is 0 Å². The maximum Gasteiger partial charge on any atom is 0.338 e. The van der Waals surface area contributed by atoms with Gasteiger partial charge in [0.25, 0.3) is 0 Å². The zero-order valence-electron chi connectivity index (χ0n) is 10.4. The summed E-state index contributed by atoms with van der Waals surface area (Å²) in [4.78, 5) is 23.0. The third-order valence-electron chi connectivity index (χ3n) is 3.03. The first kappa shape index (κ1) is 14.6. The van der Waals surface area contributed by atoms with Gasteiger partial charge < -0.3 is 5.11 Å². The van der Waals surface area contributed by atoms with Crippen molar-refractivity contribution in [2.75, 3.05) is 0 Å². The summed E-state index contributed by atoms with van der Waals surface area (Å²) in [6.07, 6.45) is 0.571. The van der Waals surface area contributed by atoms with Crippen LogP contribution in [0.4, 0.5) is 4.39 Å². The van der Waals surface area contributed by atoms with Crippen LogP contribution < -0.4 is 0 Å². The van der Waals surface area contributed by atoms with Crippen LogP contribution in [0.2, 0.25) is 5.02 Å². The number of aromatic carboxylic acids is 1. The van der Waals surface area contributed by atoms with Crippen molar-refractivity contribution in [2.24, 2.45) is 5.41 Å². The van der Waals surface area contributed by atoms with E-state index in [9.17, 15) is 14.0 Å². The van der Waals surface area contributed by atoms with Crippen LogP contribution in [0.5, 0.6) is 0 Å². The number of benzene rings is 1. The van der Waals surface area contributed by atoms with Gasteiger partial charge in [0.1, 0.15) is 5.82 Å². The molecule has 0 amide bonds. The molecule has 0 atom stereocenters.